The Morgan fingerprint density at radius 1 is 1.46 bits per heavy atom. The van der Waals surface area contributed by atoms with Crippen LogP contribution in [0.25, 0.3) is 0 Å². The summed E-state index contributed by atoms with van der Waals surface area (Å²) >= 11 is 6.01. The summed E-state index contributed by atoms with van der Waals surface area (Å²) < 4.78 is 5.64. The maximum atomic E-state index is 6.01. The van der Waals surface area contributed by atoms with Crippen molar-refractivity contribution in [2.45, 2.75) is 26.2 Å². The summed E-state index contributed by atoms with van der Waals surface area (Å²) in [6.07, 6.45) is 3.20. The van der Waals surface area contributed by atoms with Gasteiger partial charge in [0, 0.05) is 5.02 Å². The van der Waals surface area contributed by atoms with Crippen LogP contribution in [0.2, 0.25) is 5.02 Å². The third kappa shape index (κ3) is 1.66. The molecule has 0 N–H and O–H groups in total. The maximum Gasteiger partial charge on any atom is 0.125 e. The molecule has 0 unspecified atom stereocenters. The summed E-state index contributed by atoms with van der Waals surface area (Å²) in [6.45, 7) is 2.98. The van der Waals surface area contributed by atoms with Gasteiger partial charge in [0.25, 0.3) is 0 Å². The number of ether oxygens (including phenoxy) is 1. The molecule has 1 aromatic rings. The molecule has 0 aliphatic carbocycles. The molecule has 13 heavy (non-hydrogen) atoms. The summed E-state index contributed by atoms with van der Waals surface area (Å²) in [5.74, 6) is 1.08. The highest BCUT2D eigenvalue weighted by molar-refractivity contribution is 6.30. The molecule has 0 bridgehead atoms. The van der Waals surface area contributed by atoms with E-state index in [-0.39, 0.29) is 0 Å². The molecular formula is C11H13ClO. The Hall–Kier alpha value is -0.690. The molecule has 0 saturated heterocycles. The highest BCUT2D eigenvalue weighted by atomic mass is 35.5. The summed E-state index contributed by atoms with van der Waals surface area (Å²) in [7, 11) is 0. The van der Waals surface area contributed by atoms with Crippen LogP contribution in [0.4, 0.5) is 0 Å². The van der Waals surface area contributed by atoms with Gasteiger partial charge in [-0.25, -0.2) is 0 Å². The first-order chi connectivity index (χ1) is 6.31. The zero-order valence-electron chi connectivity index (χ0n) is 7.77. The molecule has 0 aromatic heterocycles. The van der Waals surface area contributed by atoms with Crippen molar-refractivity contribution < 1.29 is 4.74 Å². The van der Waals surface area contributed by atoms with Crippen LogP contribution in [-0.4, -0.2) is 6.61 Å². The van der Waals surface area contributed by atoms with Crippen LogP contribution in [0.3, 0.4) is 0 Å². The highest BCUT2D eigenvalue weighted by Gasteiger charge is 2.14. The number of fused-ring (bicyclic) bond motifs is 1. The minimum atomic E-state index is 0.834. The van der Waals surface area contributed by atoms with Crippen molar-refractivity contribution in [1.29, 1.82) is 0 Å². The van der Waals surface area contributed by atoms with Crippen LogP contribution in [0.5, 0.6) is 5.75 Å². The van der Waals surface area contributed by atoms with E-state index in [1.54, 1.807) is 0 Å². The zero-order chi connectivity index (χ0) is 9.26. The second-order valence-electron chi connectivity index (χ2n) is 3.36. The normalized spacial score (nSPS) is 14.9. The minimum Gasteiger partial charge on any atom is -0.493 e. The van der Waals surface area contributed by atoms with Gasteiger partial charge in [-0.1, -0.05) is 18.5 Å². The lowest BCUT2D eigenvalue weighted by molar-refractivity contribution is 0.285. The van der Waals surface area contributed by atoms with Gasteiger partial charge in [0.15, 0.2) is 0 Å². The number of hydrogen-bond donors (Lipinski definition) is 0. The Labute approximate surface area is 83.7 Å². The second kappa shape index (κ2) is 3.59. The van der Waals surface area contributed by atoms with Gasteiger partial charge < -0.3 is 4.74 Å². The van der Waals surface area contributed by atoms with Crippen molar-refractivity contribution in [3.63, 3.8) is 0 Å². The Balaban J connectivity index is 2.50. The average molecular weight is 197 g/mol. The average Bonchev–Trinajstić information content (AvgIpc) is 2.16. The summed E-state index contributed by atoms with van der Waals surface area (Å²) in [4.78, 5) is 0. The molecule has 0 spiro atoms. The minimum absolute atomic E-state index is 0.834. The van der Waals surface area contributed by atoms with E-state index in [4.69, 9.17) is 16.3 Å². The van der Waals surface area contributed by atoms with Crippen molar-refractivity contribution in [2.75, 3.05) is 6.61 Å². The fourth-order valence-corrected chi connectivity index (χ4v) is 2.05. The molecule has 1 aliphatic heterocycles. The first-order valence-corrected chi connectivity index (χ1v) is 5.13. The molecule has 1 aliphatic rings. The van der Waals surface area contributed by atoms with Gasteiger partial charge in [-0.15, -0.1) is 0 Å². The number of halogens is 1. The molecule has 2 rings (SSSR count). The van der Waals surface area contributed by atoms with Crippen LogP contribution in [0.15, 0.2) is 12.1 Å². The van der Waals surface area contributed by atoms with E-state index in [1.807, 2.05) is 12.1 Å². The molecule has 1 heterocycles. The van der Waals surface area contributed by atoms with Gasteiger partial charge in [0.1, 0.15) is 5.75 Å². The van der Waals surface area contributed by atoms with Gasteiger partial charge in [-0.3, -0.25) is 0 Å². The van der Waals surface area contributed by atoms with Crippen molar-refractivity contribution in [3.05, 3.63) is 28.3 Å². The monoisotopic (exact) mass is 196 g/mol. The van der Waals surface area contributed by atoms with Crippen molar-refractivity contribution in [2.24, 2.45) is 0 Å². The van der Waals surface area contributed by atoms with Crippen molar-refractivity contribution in [3.8, 4) is 5.75 Å². The van der Waals surface area contributed by atoms with Gasteiger partial charge in [-0.2, -0.15) is 0 Å². The van der Waals surface area contributed by atoms with E-state index < -0.39 is 0 Å². The van der Waals surface area contributed by atoms with Crippen LogP contribution < -0.4 is 4.74 Å². The van der Waals surface area contributed by atoms with E-state index in [1.165, 1.54) is 11.1 Å². The van der Waals surface area contributed by atoms with Crippen molar-refractivity contribution >= 4 is 11.6 Å². The van der Waals surface area contributed by atoms with E-state index in [2.05, 4.69) is 6.92 Å². The predicted molar refractivity (Wildman–Crippen MR) is 54.6 cm³/mol. The van der Waals surface area contributed by atoms with E-state index in [0.717, 1.165) is 36.6 Å². The quantitative estimate of drug-likeness (QED) is 0.670. The number of benzene rings is 1. The third-order valence-electron chi connectivity index (χ3n) is 2.43. The topological polar surface area (TPSA) is 9.23 Å². The molecule has 0 radical (unpaired) electrons. The fraction of sp³-hybridized carbons (Fsp3) is 0.455. The van der Waals surface area contributed by atoms with Gasteiger partial charge in [0.05, 0.1) is 6.61 Å². The predicted octanol–water partition coefficient (Wildman–Crippen LogP) is 3.23. The molecule has 1 aromatic carbocycles. The van der Waals surface area contributed by atoms with E-state index in [9.17, 15) is 0 Å². The maximum absolute atomic E-state index is 6.01. The smallest absolute Gasteiger partial charge is 0.125 e. The highest BCUT2D eigenvalue weighted by Crippen LogP contribution is 2.32. The number of rotatable bonds is 1. The molecule has 0 fully saturated rings. The Morgan fingerprint density at radius 2 is 2.31 bits per heavy atom. The summed E-state index contributed by atoms with van der Waals surface area (Å²) in [6, 6.07) is 4.03. The van der Waals surface area contributed by atoms with Gasteiger partial charge >= 0.3 is 0 Å². The van der Waals surface area contributed by atoms with Crippen LogP contribution in [0.1, 0.15) is 24.5 Å². The molecule has 2 heteroatoms. The fourth-order valence-electron chi connectivity index (χ4n) is 1.78. The van der Waals surface area contributed by atoms with E-state index in [0.29, 0.717) is 0 Å². The second-order valence-corrected chi connectivity index (χ2v) is 3.80. The molecule has 1 nitrogen and oxygen atoms in total. The zero-order valence-corrected chi connectivity index (χ0v) is 8.53. The molecule has 0 amide bonds. The Bertz CT molecular complexity index is 303. The Morgan fingerprint density at radius 3 is 3.08 bits per heavy atom. The molecular weight excluding hydrogens is 184 g/mol. The lowest BCUT2D eigenvalue weighted by Crippen LogP contribution is -2.10. The molecule has 70 valence electrons. The van der Waals surface area contributed by atoms with Gasteiger partial charge in [0.2, 0.25) is 0 Å². The largest absolute Gasteiger partial charge is 0.493 e. The summed E-state index contributed by atoms with van der Waals surface area (Å²) in [5.41, 5.74) is 2.51. The lowest BCUT2D eigenvalue weighted by atomic mass is 10.0. The van der Waals surface area contributed by atoms with Gasteiger partial charge in [-0.05, 0) is 42.5 Å². The molecule has 0 saturated carbocycles. The van der Waals surface area contributed by atoms with Crippen molar-refractivity contribution in [1.82, 2.24) is 0 Å². The van der Waals surface area contributed by atoms with Crippen LogP contribution in [-0.2, 0) is 12.8 Å². The Kier molecular flexibility index (Phi) is 2.45. The van der Waals surface area contributed by atoms with Crippen LogP contribution in [0, 0.1) is 0 Å². The molecule has 0 atom stereocenters. The summed E-state index contributed by atoms with van der Waals surface area (Å²) in [5, 5.41) is 0.834. The van der Waals surface area contributed by atoms with Crippen LogP contribution >= 0.6 is 11.6 Å². The lowest BCUT2D eigenvalue weighted by Gasteiger charge is -2.20. The number of hydrogen-bond acceptors (Lipinski definition) is 1. The first kappa shape index (κ1) is 8.89. The SMILES string of the molecule is CCc1cc(Cl)cc2c1OCCC2. The first-order valence-electron chi connectivity index (χ1n) is 4.75. The standard InChI is InChI=1S/C11H13ClO/c1-2-8-6-10(12)7-9-4-3-5-13-11(8)9/h6-7H,2-5H2,1H3. The third-order valence-corrected chi connectivity index (χ3v) is 2.64. The van der Waals surface area contributed by atoms with E-state index >= 15 is 0 Å². The number of aryl methyl sites for hydroxylation is 2.